The van der Waals surface area contributed by atoms with Crippen LogP contribution in [0, 0.1) is 15.9 Å². The van der Waals surface area contributed by atoms with Gasteiger partial charge in [-0.3, -0.25) is 19.2 Å². The van der Waals surface area contributed by atoms with Crippen molar-refractivity contribution in [2.75, 3.05) is 10.8 Å². The third-order valence-electron chi connectivity index (χ3n) is 5.10. The van der Waals surface area contributed by atoms with E-state index in [9.17, 15) is 27.7 Å². The molecule has 10 nitrogen and oxygen atoms in total. The van der Waals surface area contributed by atoms with Gasteiger partial charge in [0, 0.05) is 17.7 Å². The molecule has 188 valence electrons. The van der Waals surface area contributed by atoms with Crippen LogP contribution in [0.2, 0.25) is 0 Å². The number of halogens is 1. The van der Waals surface area contributed by atoms with Gasteiger partial charge in [-0.1, -0.05) is 18.2 Å². The Hall–Kier alpha value is -4.84. The number of hydrazone groups is 1. The Morgan fingerprint density at radius 2 is 1.68 bits per heavy atom. The van der Waals surface area contributed by atoms with E-state index in [1.807, 2.05) is 0 Å². The van der Waals surface area contributed by atoms with Crippen LogP contribution in [0.25, 0.3) is 11.3 Å². The predicted octanol–water partition coefficient (Wildman–Crippen LogP) is 4.34. The van der Waals surface area contributed by atoms with Crippen molar-refractivity contribution in [2.45, 2.75) is 4.90 Å². The van der Waals surface area contributed by atoms with Crippen LogP contribution >= 0.6 is 0 Å². The first-order valence-electron chi connectivity index (χ1n) is 10.7. The molecule has 0 unspecified atom stereocenters. The fourth-order valence-electron chi connectivity index (χ4n) is 3.30. The molecule has 37 heavy (non-hydrogen) atoms. The lowest BCUT2D eigenvalue weighted by Gasteiger charge is -2.23. The third kappa shape index (κ3) is 6.05. The summed E-state index contributed by atoms with van der Waals surface area (Å²) in [6.45, 7) is -0.619. The minimum Gasteiger partial charge on any atom is -0.455 e. The van der Waals surface area contributed by atoms with Crippen molar-refractivity contribution < 1.29 is 26.9 Å². The minimum absolute atomic E-state index is 0.0371. The third-order valence-corrected chi connectivity index (χ3v) is 6.89. The van der Waals surface area contributed by atoms with Gasteiger partial charge in [-0.15, -0.1) is 0 Å². The standard InChI is InChI=1S/C25H19FN4O6S/c26-19-8-12-20(13-9-19)29(37(34,35)23-4-2-1-3-5-23)17-25(31)28-27-16-22-14-15-24(36-22)18-6-10-21(11-7-18)30(32)33/h1-16H,17H2,(H,28,31)/b27-16-. The molecule has 1 aromatic heterocycles. The number of non-ortho nitro benzene ring substituents is 1. The van der Waals surface area contributed by atoms with Crippen LogP contribution in [0.3, 0.4) is 0 Å². The number of nitrogens with zero attached hydrogens (tertiary/aromatic N) is 3. The van der Waals surface area contributed by atoms with E-state index < -0.39 is 33.2 Å². The molecular formula is C25H19FN4O6S. The fourth-order valence-corrected chi connectivity index (χ4v) is 4.74. The van der Waals surface area contributed by atoms with Gasteiger partial charge in [0.2, 0.25) is 0 Å². The van der Waals surface area contributed by atoms with E-state index in [4.69, 9.17) is 4.42 Å². The number of amides is 1. The van der Waals surface area contributed by atoms with Crippen LogP contribution in [0.4, 0.5) is 15.8 Å². The molecule has 0 aliphatic rings. The van der Waals surface area contributed by atoms with Gasteiger partial charge in [0.25, 0.3) is 21.6 Å². The van der Waals surface area contributed by atoms with Crippen LogP contribution in [0.1, 0.15) is 5.76 Å². The fraction of sp³-hybridized carbons (Fsp3) is 0.0400. The molecule has 0 bridgehead atoms. The average molecular weight is 523 g/mol. The maximum Gasteiger partial charge on any atom is 0.269 e. The molecular weight excluding hydrogens is 503 g/mol. The average Bonchev–Trinajstić information content (AvgIpc) is 3.37. The lowest BCUT2D eigenvalue weighted by molar-refractivity contribution is -0.384. The molecule has 12 heteroatoms. The molecule has 0 atom stereocenters. The van der Waals surface area contributed by atoms with E-state index in [-0.39, 0.29) is 22.0 Å². The molecule has 0 spiro atoms. The number of hydrogen-bond donors (Lipinski definition) is 1. The number of rotatable bonds is 9. The molecule has 4 aromatic rings. The number of nitrogens with one attached hydrogen (secondary N) is 1. The summed E-state index contributed by atoms with van der Waals surface area (Å²) in [6, 6.07) is 21.2. The number of carbonyl (C=O) groups is 1. The summed E-state index contributed by atoms with van der Waals surface area (Å²) < 4.78 is 46.3. The predicted molar refractivity (Wildman–Crippen MR) is 134 cm³/mol. The van der Waals surface area contributed by atoms with Gasteiger partial charge < -0.3 is 4.42 Å². The minimum atomic E-state index is -4.14. The highest BCUT2D eigenvalue weighted by molar-refractivity contribution is 7.92. The molecule has 3 aromatic carbocycles. The van der Waals surface area contributed by atoms with Crippen molar-refractivity contribution in [3.63, 3.8) is 0 Å². The summed E-state index contributed by atoms with van der Waals surface area (Å²) in [7, 11) is -4.14. The lowest BCUT2D eigenvalue weighted by atomic mass is 10.1. The number of nitro benzene ring substituents is 1. The van der Waals surface area contributed by atoms with Gasteiger partial charge in [0.1, 0.15) is 23.9 Å². The van der Waals surface area contributed by atoms with E-state index in [1.54, 1.807) is 30.3 Å². The highest BCUT2D eigenvalue weighted by atomic mass is 32.2. The van der Waals surface area contributed by atoms with Crippen molar-refractivity contribution in [3.8, 4) is 11.3 Å². The van der Waals surface area contributed by atoms with Gasteiger partial charge in [-0.2, -0.15) is 5.10 Å². The molecule has 0 fully saturated rings. The smallest absolute Gasteiger partial charge is 0.269 e. The Balaban J connectivity index is 1.46. The zero-order chi connectivity index (χ0) is 26.4. The second-order valence-corrected chi connectivity index (χ2v) is 9.46. The normalized spacial score (nSPS) is 11.4. The summed E-state index contributed by atoms with van der Waals surface area (Å²) in [5.74, 6) is -0.594. The topological polar surface area (TPSA) is 135 Å². The first-order valence-corrected chi connectivity index (χ1v) is 12.2. The van der Waals surface area contributed by atoms with Crippen molar-refractivity contribution in [1.82, 2.24) is 5.43 Å². The molecule has 1 N–H and O–H groups in total. The highest BCUT2D eigenvalue weighted by Gasteiger charge is 2.27. The van der Waals surface area contributed by atoms with Gasteiger partial charge in [0.05, 0.1) is 21.7 Å². The van der Waals surface area contributed by atoms with Gasteiger partial charge >= 0.3 is 0 Å². The molecule has 0 radical (unpaired) electrons. The van der Waals surface area contributed by atoms with Gasteiger partial charge in [-0.25, -0.2) is 18.2 Å². The maximum absolute atomic E-state index is 13.4. The summed E-state index contributed by atoms with van der Waals surface area (Å²) in [6.07, 6.45) is 1.22. The molecule has 0 saturated heterocycles. The van der Waals surface area contributed by atoms with Crippen LogP contribution in [0.15, 0.2) is 105 Å². The molecule has 4 rings (SSSR count). The van der Waals surface area contributed by atoms with E-state index in [1.165, 1.54) is 54.7 Å². The summed E-state index contributed by atoms with van der Waals surface area (Å²) in [5, 5.41) is 14.6. The Labute approximate surface area is 210 Å². The second kappa shape index (κ2) is 10.8. The summed E-state index contributed by atoms with van der Waals surface area (Å²) in [5.41, 5.74) is 2.91. The second-order valence-electron chi connectivity index (χ2n) is 7.60. The Kier molecular flexibility index (Phi) is 7.39. The van der Waals surface area contributed by atoms with E-state index >= 15 is 0 Å². The number of carbonyl (C=O) groups excluding carboxylic acids is 1. The molecule has 0 aliphatic heterocycles. The quantitative estimate of drug-likeness (QED) is 0.197. The SMILES string of the molecule is O=C(CN(c1ccc(F)cc1)S(=O)(=O)c1ccccc1)N/N=C\c1ccc(-c2ccc([N+](=O)[O-])cc2)o1. The van der Waals surface area contributed by atoms with Gasteiger partial charge in [-0.05, 0) is 60.7 Å². The Morgan fingerprint density at radius 1 is 1.00 bits per heavy atom. The number of anilines is 1. The molecule has 0 saturated carbocycles. The van der Waals surface area contributed by atoms with Crippen molar-refractivity contribution >= 4 is 33.5 Å². The van der Waals surface area contributed by atoms with Crippen LogP contribution in [0.5, 0.6) is 0 Å². The van der Waals surface area contributed by atoms with Crippen molar-refractivity contribution in [1.29, 1.82) is 0 Å². The molecule has 0 aliphatic carbocycles. The zero-order valence-corrected chi connectivity index (χ0v) is 19.8. The number of hydrogen-bond acceptors (Lipinski definition) is 7. The first kappa shape index (κ1) is 25.3. The lowest BCUT2D eigenvalue weighted by Crippen LogP contribution is -2.39. The monoisotopic (exact) mass is 522 g/mol. The number of benzene rings is 3. The zero-order valence-electron chi connectivity index (χ0n) is 19.0. The number of nitro groups is 1. The van der Waals surface area contributed by atoms with Crippen molar-refractivity contribution in [2.24, 2.45) is 5.10 Å². The maximum atomic E-state index is 13.4. The highest BCUT2D eigenvalue weighted by Crippen LogP contribution is 2.25. The van der Waals surface area contributed by atoms with Crippen LogP contribution in [-0.4, -0.2) is 32.0 Å². The molecule has 1 heterocycles. The molecule has 1 amide bonds. The largest absolute Gasteiger partial charge is 0.455 e. The van der Waals surface area contributed by atoms with E-state index in [0.717, 1.165) is 16.4 Å². The Bertz CT molecular complexity index is 1540. The number of furan rings is 1. The first-order chi connectivity index (χ1) is 17.7. The van der Waals surface area contributed by atoms with E-state index in [0.29, 0.717) is 11.3 Å². The number of sulfonamides is 1. The van der Waals surface area contributed by atoms with Crippen molar-refractivity contribution in [3.05, 3.63) is 113 Å². The van der Waals surface area contributed by atoms with Crippen LogP contribution < -0.4 is 9.73 Å². The summed E-state index contributed by atoms with van der Waals surface area (Å²) >= 11 is 0. The van der Waals surface area contributed by atoms with E-state index in [2.05, 4.69) is 10.5 Å². The van der Waals surface area contributed by atoms with Gasteiger partial charge in [0.15, 0.2) is 0 Å². The van der Waals surface area contributed by atoms with Crippen LogP contribution in [-0.2, 0) is 14.8 Å². The summed E-state index contributed by atoms with van der Waals surface area (Å²) in [4.78, 5) is 22.8. The Morgan fingerprint density at radius 3 is 2.32 bits per heavy atom.